The molecular formula is C22H23N3O5. The van der Waals surface area contributed by atoms with Gasteiger partial charge in [0.25, 0.3) is 0 Å². The Labute approximate surface area is 173 Å². The maximum absolute atomic E-state index is 6.07. The fourth-order valence-corrected chi connectivity index (χ4v) is 2.99. The van der Waals surface area contributed by atoms with Crippen LogP contribution in [0.4, 0.5) is 0 Å². The first-order valence-electron chi connectivity index (χ1n) is 9.57. The van der Waals surface area contributed by atoms with Gasteiger partial charge in [-0.05, 0) is 36.4 Å². The Hall–Kier alpha value is -3.36. The van der Waals surface area contributed by atoms with Crippen molar-refractivity contribution in [3.63, 3.8) is 0 Å². The Morgan fingerprint density at radius 3 is 2.60 bits per heavy atom. The predicted molar refractivity (Wildman–Crippen MR) is 113 cm³/mol. The van der Waals surface area contributed by atoms with Gasteiger partial charge in [-0.1, -0.05) is 0 Å². The molecule has 0 aliphatic rings. The SMILES string of the molecule is COCCOCCOc1ccc2c(Oc3ccc4[nH]ccc4c3)nc(OC)nc2c1. The van der Waals surface area contributed by atoms with Crippen molar-refractivity contribution in [2.75, 3.05) is 40.6 Å². The van der Waals surface area contributed by atoms with E-state index in [1.54, 1.807) is 7.11 Å². The highest BCUT2D eigenvalue weighted by Gasteiger charge is 2.12. The van der Waals surface area contributed by atoms with Crippen LogP contribution in [0.2, 0.25) is 0 Å². The summed E-state index contributed by atoms with van der Waals surface area (Å²) in [5.74, 6) is 1.78. The highest BCUT2D eigenvalue weighted by Crippen LogP contribution is 2.32. The van der Waals surface area contributed by atoms with Gasteiger partial charge in [-0.3, -0.25) is 0 Å². The topological polar surface area (TPSA) is 87.7 Å². The zero-order chi connectivity index (χ0) is 20.8. The first-order valence-corrected chi connectivity index (χ1v) is 9.57. The summed E-state index contributed by atoms with van der Waals surface area (Å²) in [7, 11) is 3.16. The molecule has 8 heteroatoms. The average Bonchev–Trinajstić information content (AvgIpc) is 3.23. The number of aromatic nitrogens is 3. The highest BCUT2D eigenvalue weighted by molar-refractivity contribution is 5.86. The first-order chi connectivity index (χ1) is 14.8. The number of H-pyrrole nitrogens is 1. The summed E-state index contributed by atoms with van der Waals surface area (Å²) in [6, 6.07) is 13.6. The molecule has 0 spiro atoms. The number of rotatable bonds is 10. The van der Waals surface area contributed by atoms with Crippen molar-refractivity contribution in [2.45, 2.75) is 0 Å². The fraction of sp³-hybridized carbons (Fsp3) is 0.273. The number of methoxy groups -OCH3 is 2. The zero-order valence-electron chi connectivity index (χ0n) is 16.9. The monoisotopic (exact) mass is 409 g/mol. The molecule has 2 aromatic heterocycles. The van der Waals surface area contributed by atoms with Gasteiger partial charge in [0.15, 0.2) is 0 Å². The molecule has 8 nitrogen and oxygen atoms in total. The maximum atomic E-state index is 6.07. The molecule has 0 radical (unpaired) electrons. The van der Waals surface area contributed by atoms with E-state index < -0.39 is 0 Å². The van der Waals surface area contributed by atoms with Crippen molar-refractivity contribution >= 4 is 21.8 Å². The van der Waals surface area contributed by atoms with Crippen molar-refractivity contribution in [2.24, 2.45) is 0 Å². The second-order valence-electron chi connectivity index (χ2n) is 6.48. The van der Waals surface area contributed by atoms with Gasteiger partial charge in [-0.25, -0.2) is 0 Å². The summed E-state index contributed by atoms with van der Waals surface area (Å²) in [6.07, 6.45) is 1.89. The summed E-state index contributed by atoms with van der Waals surface area (Å²) < 4.78 is 27.4. The lowest BCUT2D eigenvalue weighted by molar-refractivity contribution is 0.0544. The number of nitrogens with zero attached hydrogens (tertiary/aromatic N) is 2. The summed E-state index contributed by atoms with van der Waals surface area (Å²) in [4.78, 5) is 12.0. The van der Waals surface area contributed by atoms with Gasteiger partial charge >= 0.3 is 6.01 Å². The Morgan fingerprint density at radius 1 is 0.867 bits per heavy atom. The van der Waals surface area contributed by atoms with Gasteiger partial charge in [0.05, 0.1) is 37.8 Å². The lowest BCUT2D eigenvalue weighted by Gasteiger charge is -2.11. The number of hydrogen-bond acceptors (Lipinski definition) is 7. The van der Waals surface area contributed by atoms with E-state index >= 15 is 0 Å². The number of fused-ring (bicyclic) bond motifs is 2. The van der Waals surface area contributed by atoms with E-state index in [-0.39, 0.29) is 6.01 Å². The number of aromatic amines is 1. The molecule has 4 aromatic rings. The minimum Gasteiger partial charge on any atom is -0.491 e. The van der Waals surface area contributed by atoms with E-state index in [2.05, 4.69) is 15.0 Å². The molecule has 2 aromatic carbocycles. The molecule has 0 bridgehead atoms. The van der Waals surface area contributed by atoms with E-state index in [0.717, 1.165) is 16.3 Å². The fourth-order valence-electron chi connectivity index (χ4n) is 2.99. The minimum atomic E-state index is 0.222. The summed E-state index contributed by atoms with van der Waals surface area (Å²) in [5.41, 5.74) is 1.71. The van der Waals surface area contributed by atoms with Crippen LogP contribution >= 0.6 is 0 Å². The number of nitrogens with one attached hydrogen (secondary N) is 1. The Bertz CT molecular complexity index is 1130. The van der Waals surface area contributed by atoms with Gasteiger partial charge in [-0.2, -0.15) is 9.97 Å². The van der Waals surface area contributed by atoms with Crippen LogP contribution in [0.25, 0.3) is 21.8 Å². The Kier molecular flexibility index (Phi) is 6.26. The van der Waals surface area contributed by atoms with Crippen LogP contribution in [-0.2, 0) is 9.47 Å². The van der Waals surface area contributed by atoms with Gasteiger partial charge in [0.2, 0.25) is 5.88 Å². The minimum absolute atomic E-state index is 0.222. The molecule has 156 valence electrons. The quantitative estimate of drug-likeness (QED) is 0.397. The van der Waals surface area contributed by atoms with E-state index in [0.29, 0.717) is 49.3 Å². The number of benzene rings is 2. The summed E-state index contributed by atoms with van der Waals surface area (Å²) >= 11 is 0. The second-order valence-corrected chi connectivity index (χ2v) is 6.48. The normalized spacial score (nSPS) is 11.1. The largest absolute Gasteiger partial charge is 0.491 e. The van der Waals surface area contributed by atoms with E-state index in [1.807, 2.05) is 48.7 Å². The first kappa shape index (κ1) is 19.9. The molecule has 0 amide bonds. The molecular weight excluding hydrogens is 386 g/mol. The van der Waals surface area contributed by atoms with Crippen molar-refractivity contribution in [1.82, 2.24) is 15.0 Å². The zero-order valence-corrected chi connectivity index (χ0v) is 16.9. The maximum Gasteiger partial charge on any atom is 0.320 e. The van der Waals surface area contributed by atoms with Gasteiger partial charge in [0.1, 0.15) is 18.1 Å². The molecule has 0 aliphatic heterocycles. The molecule has 0 saturated heterocycles. The third-order valence-electron chi connectivity index (χ3n) is 4.46. The van der Waals surface area contributed by atoms with Crippen LogP contribution in [0, 0.1) is 0 Å². The summed E-state index contributed by atoms with van der Waals surface area (Å²) in [5, 5.41) is 1.81. The molecule has 0 aliphatic carbocycles. The molecule has 0 unspecified atom stereocenters. The molecule has 4 rings (SSSR count). The smallest absolute Gasteiger partial charge is 0.320 e. The van der Waals surface area contributed by atoms with Crippen LogP contribution < -0.4 is 14.2 Å². The Morgan fingerprint density at radius 2 is 1.73 bits per heavy atom. The lowest BCUT2D eigenvalue weighted by atomic mass is 10.2. The molecule has 30 heavy (non-hydrogen) atoms. The molecule has 0 atom stereocenters. The number of hydrogen-bond donors (Lipinski definition) is 1. The van der Waals surface area contributed by atoms with Crippen molar-refractivity contribution < 1.29 is 23.7 Å². The molecule has 1 N–H and O–H groups in total. The third kappa shape index (κ3) is 4.61. The predicted octanol–water partition coefficient (Wildman–Crippen LogP) is 3.95. The van der Waals surface area contributed by atoms with Crippen LogP contribution in [0.5, 0.6) is 23.4 Å². The van der Waals surface area contributed by atoms with Gasteiger partial charge in [-0.15, -0.1) is 0 Å². The van der Waals surface area contributed by atoms with Crippen LogP contribution in [0.15, 0.2) is 48.7 Å². The Balaban J connectivity index is 1.53. The van der Waals surface area contributed by atoms with Crippen molar-refractivity contribution in [3.05, 3.63) is 48.7 Å². The van der Waals surface area contributed by atoms with E-state index in [1.165, 1.54) is 7.11 Å². The molecule has 2 heterocycles. The van der Waals surface area contributed by atoms with Crippen LogP contribution in [0.1, 0.15) is 0 Å². The summed E-state index contributed by atoms with van der Waals surface area (Å²) in [6.45, 7) is 2.01. The van der Waals surface area contributed by atoms with Gasteiger partial charge < -0.3 is 28.7 Å². The third-order valence-corrected chi connectivity index (χ3v) is 4.46. The lowest BCUT2D eigenvalue weighted by Crippen LogP contribution is -2.10. The van der Waals surface area contributed by atoms with Gasteiger partial charge in [0, 0.05) is 30.3 Å². The van der Waals surface area contributed by atoms with Crippen LogP contribution in [-0.4, -0.2) is 55.6 Å². The number of ether oxygens (including phenoxy) is 5. The molecule has 0 saturated carbocycles. The van der Waals surface area contributed by atoms with Crippen molar-refractivity contribution in [3.8, 4) is 23.4 Å². The standard InChI is InChI=1S/C22H23N3O5/c1-26-9-10-28-11-12-29-16-3-5-18-20(14-16)24-22(27-2)25-21(18)30-17-4-6-19-15(13-17)7-8-23-19/h3-8,13-14,23H,9-12H2,1-2H3. The van der Waals surface area contributed by atoms with Crippen molar-refractivity contribution in [1.29, 1.82) is 0 Å². The average molecular weight is 409 g/mol. The molecule has 0 fully saturated rings. The second kappa shape index (κ2) is 9.43. The van der Waals surface area contributed by atoms with E-state index in [4.69, 9.17) is 23.7 Å². The van der Waals surface area contributed by atoms with E-state index in [9.17, 15) is 0 Å². The van der Waals surface area contributed by atoms with Crippen LogP contribution in [0.3, 0.4) is 0 Å². The highest BCUT2D eigenvalue weighted by atomic mass is 16.5.